The first-order chi connectivity index (χ1) is 16.0. The van der Waals surface area contributed by atoms with E-state index >= 15 is 0 Å². The number of amides is 1. The largest absolute Gasteiger partial charge is 0.462 e. The number of nitrogens with one attached hydrogen (secondary N) is 2. The van der Waals surface area contributed by atoms with Gasteiger partial charge in [0.2, 0.25) is 0 Å². The van der Waals surface area contributed by atoms with Gasteiger partial charge in [0.25, 0.3) is 11.5 Å². The maximum absolute atomic E-state index is 12.3. The van der Waals surface area contributed by atoms with Gasteiger partial charge in [0, 0.05) is 38.4 Å². The second-order valence-corrected chi connectivity index (χ2v) is 9.33. The summed E-state index contributed by atoms with van der Waals surface area (Å²) in [6, 6.07) is 7.48. The second kappa shape index (κ2) is 6.20. The number of rotatable bonds is 4. The Hall–Kier alpha value is -3.72. The monoisotopic (exact) mass is 442 g/mol. The third kappa shape index (κ3) is 2.45. The molecular weight excluding hydrogens is 420 g/mol. The van der Waals surface area contributed by atoms with Crippen LogP contribution in [-0.2, 0) is 6.54 Å². The first-order valence-electron chi connectivity index (χ1n) is 11.1. The predicted octanol–water partition coefficient (Wildman–Crippen LogP) is 2.03. The molecule has 1 aliphatic heterocycles. The molecule has 2 N–H and O–H groups in total. The number of H-pyrrole nitrogens is 1. The van der Waals surface area contributed by atoms with Crippen LogP contribution in [0.1, 0.15) is 28.9 Å². The summed E-state index contributed by atoms with van der Waals surface area (Å²) in [7, 11) is 1.61. The molecule has 0 radical (unpaired) electrons. The van der Waals surface area contributed by atoms with E-state index in [-0.39, 0.29) is 22.5 Å². The number of aromatic nitrogens is 3. The van der Waals surface area contributed by atoms with Crippen molar-refractivity contribution in [1.29, 1.82) is 0 Å². The van der Waals surface area contributed by atoms with Crippen molar-refractivity contribution in [2.75, 3.05) is 25.0 Å². The van der Waals surface area contributed by atoms with Crippen molar-refractivity contribution >= 4 is 33.6 Å². The number of pyridine rings is 3. The number of fused-ring (bicyclic) bond motifs is 3. The second-order valence-electron chi connectivity index (χ2n) is 9.33. The summed E-state index contributed by atoms with van der Waals surface area (Å²) in [5, 5.41) is 3.14. The highest BCUT2D eigenvalue weighted by molar-refractivity contribution is 5.99. The van der Waals surface area contributed by atoms with E-state index in [0.29, 0.717) is 27.7 Å². The van der Waals surface area contributed by atoms with Gasteiger partial charge in [-0.05, 0) is 42.7 Å². The first kappa shape index (κ1) is 18.8. The number of carbonyl (C=O) groups is 1. The minimum atomic E-state index is -0.171. The van der Waals surface area contributed by atoms with E-state index in [2.05, 4.69) is 30.1 Å². The SMILES string of the molecule is CNC(=O)c1ccc(N2CCN(Cc3cnc4c(c3)[nH]c(=O)c3ccoc34)C34CC23C4)cn1. The van der Waals surface area contributed by atoms with E-state index in [1.165, 1.54) is 6.26 Å². The minimum absolute atomic E-state index is 0.156. The highest BCUT2D eigenvalue weighted by Crippen LogP contribution is 2.78. The molecule has 2 aliphatic carbocycles. The number of hydrogen-bond donors (Lipinski definition) is 2. The fraction of sp³-hybridized carbons (Fsp3) is 0.333. The standard InChI is InChI=1S/C24H22N6O3/c1-25-22(32)17-3-2-15(10-26-17)30-6-5-29(23-12-24(23,30)13-23)11-14-8-18-19(27-9-14)20-16(4-7-33-20)21(31)28-18/h2-4,7-10H,5-6,11-13H2,1H3,(H,25,32)(H,28,31). The van der Waals surface area contributed by atoms with Crippen LogP contribution in [0.15, 0.2) is 52.1 Å². The topological polar surface area (TPSA) is 107 Å². The van der Waals surface area contributed by atoms with Gasteiger partial charge >= 0.3 is 0 Å². The number of piperazine rings is 1. The molecular formula is C24H22N6O3. The maximum Gasteiger partial charge on any atom is 0.269 e. The zero-order valence-corrected chi connectivity index (χ0v) is 18.1. The van der Waals surface area contributed by atoms with Gasteiger partial charge in [-0.3, -0.25) is 19.5 Å². The van der Waals surface area contributed by atoms with Gasteiger partial charge < -0.3 is 19.6 Å². The minimum Gasteiger partial charge on any atom is -0.462 e. The Balaban J connectivity index is 1.13. The highest BCUT2D eigenvalue weighted by Gasteiger charge is 2.89. The summed E-state index contributed by atoms with van der Waals surface area (Å²) in [6.45, 7) is 2.64. The summed E-state index contributed by atoms with van der Waals surface area (Å²) in [4.78, 5) is 41.0. The van der Waals surface area contributed by atoms with Crippen LogP contribution in [0, 0.1) is 0 Å². The maximum atomic E-state index is 12.3. The van der Waals surface area contributed by atoms with Crippen molar-refractivity contribution in [2.24, 2.45) is 0 Å². The van der Waals surface area contributed by atoms with Crippen molar-refractivity contribution in [2.45, 2.75) is 30.5 Å². The molecule has 0 bridgehead atoms. The van der Waals surface area contributed by atoms with Crippen molar-refractivity contribution in [1.82, 2.24) is 25.2 Å². The van der Waals surface area contributed by atoms with Crippen LogP contribution in [0.25, 0.3) is 22.0 Å². The third-order valence-corrected chi connectivity index (χ3v) is 7.71. The molecule has 9 nitrogen and oxygen atoms in total. The van der Waals surface area contributed by atoms with Crippen LogP contribution in [0.4, 0.5) is 5.69 Å². The Labute approximate surface area is 188 Å². The van der Waals surface area contributed by atoms with Crippen LogP contribution >= 0.6 is 0 Å². The number of nitrogens with zero attached hydrogens (tertiary/aromatic N) is 4. The molecule has 7 rings (SSSR count). The average Bonchev–Trinajstić information content (AvgIpc) is 3.60. The summed E-state index contributed by atoms with van der Waals surface area (Å²) in [5.74, 6) is -0.171. The quantitative estimate of drug-likeness (QED) is 0.498. The lowest BCUT2D eigenvalue weighted by molar-refractivity contribution is 0.0958. The lowest BCUT2D eigenvalue weighted by Crippen LogP contribution is -2.46. The molecule has 5 heterocycles. The number of furan rings is 1. The smallest absolute Gasteiger partial charge is 0.269 e. The molecule has 3 fully saturated rings. The summed E-state index contributed by atoms with van der Waals surface area (Å²) in [5.41, 5.74) is 4.74. The average molecular weight is 442 g/mol. The summed E-state index contributed by atoms with van der Waals surface area (Å²) >= 11 is 0. The number of anilines is 1. The van der Waals surface area contributed by atoms with Gasteiger partial charge in [-0.15, -0.1) is 0 Å². The first-order valence-corrected chi connectivity index (χ1v) is 11.1. The molecule has 0 aromatic carbocycles. The molecule has 9 heteroatoms. The van der Waals surface area contributed by atoms with Gasteiger partial charge in [0.1, 0.15) is 11.2 Å². The summed E-state index contributed by atoms with van der Waals surface area (Å²) < 4.78 is 5.50. The lowest BCUT2D eigenvalue weighted by atomic mass is 10.2. The number of hydrogen-bond acceptors (Lipinski definition) is 7. The van der Waals surface area contributed by atoms with E-state index in [0.717, 1.165) is 43.7 Å². The van der Waals surface area contributed by atoms with E-state index in [9.17, 15) is 9.59 Å². The normalized spacial score (nSPS) is 25.7. The molecule has 1 saturated heterocycles. The van der Waals surface area contributed by atoms with Gasteiger partial charge in [-0.25, -0.2) is 4.98 Å². The zero-order valence-electron chi connectivity index (χ0n) is 18.1. The fourth-order valence-electron chi connectivity index (χ4n) is 5.80. The highest BCUT2D eigenvalue weighted by atomic mass is 16.3. The van der Waals surface area contributed by atoms with Gasteiger partial charge in [-0.1, -0.05) is 0 Å². The van der Waals surface area contributed by atoms with Gasteiger partial charge in [-0.2, -0.15) is 0 Å². The van der Waals surface area contributed by atoms with E-state index < -0.39 is 0 Å². The van der Waals surface area contributed by atoms with E-state index in [1.54, 1.807) is 19.2 Å². The molecule has 0 unspecified atom stereocenters. The predicted molar refractivity (Wildman–Crippen MR) is 122 cm³/mol. The van der Waals surface area contributed by atoms with Crippen LogP contribution in [-0.4, -0.2) is 57.0 Å². The Morgan fingerprint density at radius 3 is 2.85 bits per heavy atom. The fourth-order valence-corrected chi connectivity index (χ4v) is 5.80. The van der Waals surface area contributed by atoms with Crippen LogP contribution < -0.4 is 15.8 Å². The van der Waals surface area contributed by atoms with Crippen LogP contribution in [0.2, 0.25) is 0 Å². The number of carbonyl (C=O) groups excluding carboxylic acids is 1. The van der Waals surface area contributed by atoms with Crippen molar-refractivity contribution in [3.63, 3.8) is 0 Å². The number of aromatic amines is 1. The summed E-state index contributed by atoms with van der Waals surface area (Å²) in [6.07, 6.45) is 7.51. The van der Waals surface area contributed by atoms with Crippen molar-refractivity contribution in [3.8, 4) is 0 Å². The molecule has 4 aromatic heterocycles. The third-order valence-electron chi connectivity index (χ3n) is 7.71. The van der Waals surface area contributed by atoms with Crippen molar-refractivity contribution in [3.05, 3.63) is 64.5 Å². The van der Waals surface area contributed by atoms with E-state index in [4.69, 9.17) is 4.42 Å². The Kier molecular flexibility index (Phi) is 3.53. The molecule has 4 aromatic rings. The lowest BCUT2D eigenvalue weighted by Gasteiger charge is -2.35. The molecule has 0 spiro atoms. The van der Waals surface area contributed by atoms with E-state index in [1.807, 2.05) is 24.5 Å². The van der Waals surface area contributed by atoms with Crippen molar-refractivity contribution < 1.29 is 9.21 Å². The molecule has 1 amide bonds. The molecule has 0 atom stereocenters. The van der Waals surface area contributed by atoms with Crippen LogP contribution in [0.5, 0.6) is 0 Å². The van der Waals surface area contributed by atoms with Crippen LogP contribution in [0.3, 0.4) is 0 Å². The van der Waals surface area contributed by atoms with Gasteiger partial charge in [0.15, 0.2) is 5.58 Å². The molecule has 33 heavy (non-hydrogen) atoms. The Morgan fingerprint density at radius 2 is 2.06 bits per heavy atom. The zero-order chi connectivity index (χ0) is 22.4. The molecule has 166 valence electrons. The molecule has 2 saturated carbocycles. The Bertz CT molecular complexity index is 1500. The molecule has 3 aliphatic rings. The Morgan fingerprint density at radius 1 is 1.18 bits per heavy atom. The van der Waals surface area contributed by atoms with Gasteiger partial charge in [0.05, 0.1) is 34.6 Å².